The maximum Gasteiger partial charge on any atom is 0.261 e. The Kier molecular flexibility index (Phi) is 5.12. The predicted octanol–water partition coefficient (Wildman–Crippen LogP) is 3.13. The van der Waals surface area contributed by atoms with Crippen LogP contribution in [0, 0.1) is 5.92 Å². The first kappa shape index (κ1) is 12.5. The standard InChI is InChI=1S/C11H16ClNOS/c1-8(2)9(5-6-12)13-11(14)10-4-3-7-15-10/h3-4,7-9H,5-6H2,1-2H3,(H,13,14). The summed E-state index contributed by atoms with van der Waals surface area (Å²) in [5, 5.41) is 4.91. The van der Waals surface area contributed by atoms with E-state index >= 15 is 0 Å². The van der Waals surface area contributed by atoms with Gasteiger partial charge in [0.15, 0.2) is 0 Å². The fraction of sp³-hybridized carbons (Fsp3) is 0.545. The zero-order valence-electron chi connectivity index (χ0n) is 9.00. The van der Waals surface area contributed by atoms with Crippen LogP contribution in [-0.4, -0.2) is 17.8 Å². The summed E-state index contributed by atoms with van der Waals surface area (Å²) >= 11 is 7.16. The molecule has 1 heterocycles. The first-order valence-electron chi connectivity index (χ1n) is 5.05. The lowest BCUT2D eigenvalue weighted by Crippen LogP contribution is -2.38. The Hall–Kier alpha value is -0.540. The van der Waals surface area contributed by atoms with Crippen molar-refractivity contribution in [1.82, 2.24) is 5.32 Å². The van der Waals surface area contributed by atoms with Gasteiger partial charge in [-0.15, -0.1) is 22.9 Å². The van der Waals surface area contributed by atoms with E-state index in [1.165, 1.54) is 11.3 Å². The lowest BCUT2D eigenvalue weighted by Gasteiger charge is -2.20. The molecule has 84 valence electrons. The second kappa shape index (κ2) is 6.13. The summed E-state index contributed by atoms with van der Waals surface area (Å²) in [4.78, 5) is 12.5. The van der Waals surface area contributed by atoms with Gasteiger partial charge in [0.2, 0.25) is 0 Å². The van der Waals surface area contributed by atoms with Crippen molar-refractivity contribution in [3.05, 3.63) is 22.4 Å². The largest absolute Gasteiger partial charge is 0.348 e. The van der Waals surface area contributed by atoms with Crippen molar-refractivity contribution < 1.29 is 4.79 Å². The topological polar surface area (TPSA) is 29.1 Å². The fourth-order valence-electron chi connectivity index (χ4n) is 1.34. The molecule has 0 aliphatic rings. The van der Waals surface area contributed by atoms with Crippen LogP contribution < -0.4 is 5.32 Å². The van der Waals surface area contributed by atoms with Crippen molar-refractivity contribution in [3.63, 3.8) is 0 Å². The third-order valence-corrected chi connectivity index (χ3v) is 3.37. The third-order valence-electron chi connectivity index (χ3n) is 2.29. The van der Waals surface area contributed by atoms with Crippen LogP contribution in [0.4, 0.5) is 0 Å². The van der Waals surface area contributed by atoms with Crippen LogP contribution in [0.3, 0.4) is 0 Å². The van der Waals surface area contributed by atoms with E-state index < -0.39 is 0 Å². The Bertz CT molecular complexity index is 298. The number of thiophene rings is 1. The molecule has 0 aromatic carbocycles. The molecular formula is C11H16ClNOS. The summed E-state index contributed by atoms with van der Waals surface area (Å²) in [6.45, 7) is 4.18. The van der Waals surface area contributed by atoms with Crippen molar-refractivity contribution in [2.45, 2.75) is 26.3 Å². The van der Waals surface area contributed by atoms with Gasteiger partial charge in [0.1, 0.15) is 0 Å². The first-order valence-corrected chi connectivity index (χ1v) is 6.47. The maximum atomic E-state index is 11.8. The highest BCUT2D eigenvalue weighted by molar-refractivity contribution is 7.12. The summed E-state index contributed by atoms with van der Waals surface area (Å²) in [5.41, 5.74) is 0. The number of carbonyl (C=O) groups excluding carboxylic acids is 1. The average Bonchev–Trinajstić information content (AvgIpc) is 2.69. The summed E-state index contributed by atoms with van der Waals surface area (Å²) in [6, 6.07) is 3.88. The molecule has 1 rings (SSSR count). The Morgan fingerprint density at radius 1 is 1.60 bits per heavy atom. The second-order valence-corrected chi connectivity index (χ2v) is 5.10. The molecule has 1 unspecified atom stereocenters. The number of hydrogen-bond donors (Lipinski definition) is 1. The van der Waals surface area contributed by atoms with Gasteiger partial charge >= 0.3 is 0 Å². The van der Waals surface area contributed by atoms with Gasteiger partial charge < -0.3 is 5.32 Å². The molecule has 2 nitrogen and oxygen atoms in total. The zero-order chi connectivity index (χ0) is 11.3. The van der Waals surface area contributed by atoms with Gasteiger partial charge in [0.25, 0.3) is 5.91 Å². The average molecular weight is 246 g/mol. The van der Waals surface area contributed by atoms with Crippen LogP contribution in [0.5, 0.6) is 0 Å². The molecule has 1 amide bonds. The Balaban J connectivity index is 2.55. The molecule has 0 aliphatic heterocycles. The number of carbonyl (C=O) groups is 1. The van der Waals surface area contributed by atoms with Crippen molar-refractivity contribution >= 4 is 28.8 Å². The van der Waals surface area contributed by atoms with Gasteiger partial charge in [-0.1, -0.05) is 19.9 Å². The van der Waals surface area contributed by atoms with Gasteiger partial charge in [-0.05, 0) is 23.8 Å². The van der Waals surface area contributed by atoms with Crippen molar-refractivity contribution in [3.8, 4) is 0 Å². The van der Waals surface area contributed by atoms with E-state index in [9.17, 15) is 4.79 Å². The monoisotopic (exact) mass is 245 g/mol. The molecule has 15 heavy (non-hydrogen) atoms. The molecule has 0 fully saturated rings. The van der Waals surface area contributed by atoms with Gasteiger partial charge in [0.05, 0.1) is 4.88 Å². The maximum absolute atomic E-state index is 11.8. The molecule has 0 saturated heterocycles. The number of hydrogen-bond acceptors (Lipinski definition) is 2. The van der Waals surface area contributed by atoms with Crippen LogP contribution >= 0.6 is 22.9 Å². The van der Waals surface area contributed by atoms with Crippen LogP contribution in [0.2, 0.25) is 0 Å². The Morgan fingerprint density at radius 2 is 2.33 bits per heavy atom. The molecule has 0 aliphatic carbocycles. The Labute approximate surface area is 99.6 Å². The van der Waals surface area contributed by atoms with E-state index in [1.807, 2.05) is 17.5 Å². The molecule has 0 bridgehead atoms. The minimum atomic E-state index is 0.00816. The SMILES string of the molecule is CC(C)C(CCCl)NC(=O)c1cccs1. The van der Waals surface area contributed by atoms with Gasteiger partial charge in [-0.2, -0.15) is 0 Å². The van der Waals surface area contributed by atoms with Crippen molar-refractivity contribution in [2.24, 2.45) is 5.92 Å². The molecule has 0 saturated carbocycles. The number of rotatable bonds is 5. The van der Waals surface area contributed by atoms with Crippen LogP contribution in [0.1, 0.15) is 29.9 Å². The highest BCUT2D eigenvalue weighted by atomic mass is 35.5. The molecule has 4 heteroatoms. The van der Waals surface area contributed by atoms with Crippen LogP contribution in [0.25, 0.3) is 0 Å². The minimum absolute atomic E-state index is 0.00816. The quantitative estimate of drug-likeness (QED) is 0.794. The van der Waals surface area contributed by atoms with Gasteiger partial charge in [0, 0.05) is 11.9 Å². The molecular weight excluding hydrogens is 230 g/mol. The van der Waals surface area contributed by atoms with Crippen LogP contribution in [-0.2, 0) is 0 Å². The van der Waals surface area contributed by atoms with Crippen molar-refractivity contribution in [2.75, 3.05) is 5.88 Å². The summed E-state index contributed by atoms with van der Waals surface area (Å²) in [5.74, 6) is 0.995. The molecule has 1 aromatic rings. The summed E-state index contributed by atoms with van der Waals surface area (Å²) in [6.07, 6.45) is 0.816. The summed E-state index contributed by atoms with van der Waals surface area (Å²) in [7, 11) is 0. The Morgan fingerprint density at radius 3 is 2.80 bits per heavy atom. The van der Waals surface area contributed by atoms with E-state index in [1.54, 1.807) is 0 Å². The lowest BCUT2D eigenvalue weighted by atomic mass is 10.0. The normalized spacial score (nSPS) is 12.8. The molecule has 0 radical (unpaired) electrons. The fourth-order valence-corrected chi connectivity index (χ4v) is 2.20. The van der Waals surface area contributed by atoms with Gasteiger partial charge in [-0.3, -0.25) is 4.79 Å². The molecule has 1 N–H and O–H groups in total. The summed E-state index contributed by atoms with van der Waals surface area (Å²) < 4.78 is 0. The van der Waals surface area contributed by atoms with Crippen LogP contribution in [0.15, 0.2) is 17.5 Å². The third kappa shape index (κ3) is 3.84. The van der Waals surface area contributed by atoms with Crippen molar-refractivity contribution in [1.29, 1.82) is 0 Å². The highest BCUT2D eigenvalue weighted by Crippen LogP contribution is 2.12. The highest BCUT2D eigenvalue weighted by Gasteiger charge is 2.16. The van der Waals surface area contributed by atoms with E-state index in [-0.39, 0.29) is 11.9 Å². The first-order chi connectivity index (χ1) is 7.15. The number of amides is 1. The van der Waals surface area contributed by atoms with Gasteiger partial charge in [-0.25, -0.2) is 0 Å². The number of alkyl halides is 1. The molecule has 1 aromatic heterocycles. The predicted molar refractivity (Wildman–Crippen MR) is 65.7 cm³/mol. The van der Waals surface area contributed by atoms with E-state index in [0.717, 1.165) is 11.3 Å². The zero-order valence-corrected chi connectivity index (χ0v) is 10.6. The molecule has 0 spiro atoms. The minimum Gasteiger partial charge on any atom is -0.348 e. The number of halogens is 1. The smallest absolute Gasteiger partial charge is 0.261 e. The van der Waals surface area contributed by atoms with E-state index in [2.05, 4.69) is 19.2 Å². The van der Waals surface area contributed by atoms with E-state index in [0.29, 0.717) is 11.8 Å². The second-order valence-electron chi connectivity index (χ2n) is 3.78. The van der Waals surface area contributed by atoms with E-state index in [4.69, 9.17) is 11.6 Å². The molecule has 1 atom stereocenters. The lowest BCUT2D eigenvalue weighted by molar-refractivity contribution is 0.0929. The number of nitrogens with one attached hydrogen (secondary N) is 1.